The van der Waals surface area contributed by atoms with Crippen molar-refractivity contribution in [1.29, 1.82) is 0 Å². The standard InChI is InChI=1S/C8H5BrF3NO2/c1-15-8(14)4-5(9)3(6(10)11)2-13-7(4)12/h2,6H,1H3. The van der Waals surface area contributed by atoms with Crippen molar-refractivity contribution in [3.05, 3.63) is 27.7 Å². The van der Waals surface area contributed by atoms with Crippen molar-refractivity contribution in [2.45, 2.75) is 6.43 Å². The van der Waals surface area contributed by atoms with Crippen LogP contribution in [-0.4, -0.2) is 18.1 Å². The van der Waals surface area contributed by atoms with Crippen LogP contribution in [0, 0.1) is 5.95 Å². The molecule has 0 N–H and O–H groups in total. The van der Waals surface area contributed by atoms with Crippen LogP contribution in [0.3, 0.4) is 0 Å². The molecule has 0 amide bonds. The topological polar surface area (TPSA) is 39.2 Å². The highest BCUT2D eigenvalue weighted by molar-refractivity contribution is 9.10. The molecule has 0 spiro atoms. The Kier molecular flexibility index (Phi) is 3.67. The number of aromatic nitrogens is 1. The van der Waals surface area contributed by atoms with Gasteiger partial charge in [-0.3, -0.25) is 0 Å². The van der Waals surface area contributed by atoms with E-state index in [0.717, 1.165) is 7.11 Å². The minimum Gasteiger partial charge on any atom is -0.465 e. The first-order valence-corrected chi connectivity index (χ1v) is 4.48. The van der Waals surface area contributed by atoms with Crippen molar-refractivity contribution >= 4 is 21.9 Å². The van der Waals surface area contributed by atoms with Gasteiger partial charge >= 0.3 is 5.97 Å². The lowest BCUT2D eigenvalue weighted by atomic mass is 10.2. The zero-order valence-electron chi connectivity index (χ0n) is 7.43. The summed E-state index contributed by atoms with van der Waals surface area (Å²) in [5.41, 5.74) is -1.19. The summed E-state index contributed by atoms with van der Waals surface area (Å²) in [6.45, 7) is 0. The molecule has 0 atom stereocenters. The number of methoxy groups -OCH3 is 1. The van der Waals surface area contributed by atoms with Gasteiger partial charge in [0, 0.05) is 10.7 Å². The Morgan fingerprint density at radius 1 is 1.60 bits per heavy atom. The number of nitrogens with zero attached hydrogens (tertiary/aromatic N) is 1. The van der Waals surface area contributed by atoms with Crippen molar-refractivity contribution in [1.82, 2.24) is 4.98 Å². The monoisotopic (exact) mass is 283 g/mol. The predicted molar refractivity (Wildman–Crippen MR) is 48.2 cm³/mol. The predicted octanol–water partition coefficient (Wildman–Crippen LogP) is 2.71. The van der Waals surface area contributed by atoms with Crippen LogP contribution in [-0.2, 0) is 4.74 Å². The minimum absolute atomic E-state index is 0.336. The largest absolute Gasteiger partial charge is 0.465 e. The van der Waals surface area contributed by atoms with E-state index in [-0.39, 0.29) is 4.47 Å². The average molecular weight is 284 g/mol. The molecule has 3 nitrogen and oxygen atoms in total. The third-order valence-corrected chi connectivity index (χ3v) is 2.48. The first kappa shape index (κ1) is 12.0. The Bertz CT molecular complexity index is 398. The molecule has 1 aromatic heterocycles. The number of hydrogen-bond donors (Lipinski definition) is 0. The normalized spacial score (nSPS) is 10.5. The van der Waals surface area contributed by atoms with Gasteiger partial charge in [-0.05, 0) is 15.9 Å². The molecule has 1 rings (SSSR count). The van der Waals surface area contributed by atoms with E-state index in [1.807, 2.05) is 0 Å². The SMILES string of the molecule is COC(=O)c1c(F)ncc(C(F)F)c1Br. The van der Waals surface area contributed by atoms with E-state index in [4.69, 9.17) is 0 Å². The van der Waals surface area contributed by atoms with E-state index in [1.54, 1.807) is 0 Å². The molecule has 7 heteroatoms. The van der Waals surface area contributed by atoms with Crippen molar-refractivity contribution < 1.29 is 22.7 Å². The molecular formula is C8H5BrF3NO2. The molecule has 82 valence electrons. The number of alkyl halides is 2. The van der Waals surface area contributed by atoms with Gasteiger partial charge in [-0.25, -0.2) is 18.6 Å². The summed E-state index contributed by atoms with van der Waals surface area (Å²) < 4.78 is 41.7. The van der Waals surface area contributed by atoms with Gasteiger partial charge < -0.3 is 4.74 Å². The quantitative estimate of drug-likeness (QED) is 0.619. The molecule has 0 fully saturated rings. The van der Waals surface area contributed by atoms with Crippen molar-refractivity contribution in [2.24, 2.45) is 0 Å². The summed E-state index contributed by atoms with van der Waals surface area (Å²) in [6.07, 6.45) is -2.19. The Labute approximate surface area is 91.4 Å². The molecule has 0 radical (unpaired) electrons. The Balaban J connectivity index is 3.36. The van der Waals surface area contributed by atoms with Gasteiger partial charge in [-0.15, -0.1) is 0 Å². The van der Waals surface area contributed by atoms with E-state index < -0.39 is 29.5 Å². The zero-order chi connectivity index (χ0) is 11.6. The molecule has 1 heterocycles. The van der Waals surface area contributed by atoms with Crippen LogP contribution in [0.15, 0.2) is 10.7 Å². The van der Waals surface area contributed by atoms with E-state index in [9.17, 15) is 18.0 Å². The number of halogens is 4. The Hall–Kier alpha value is -1.11. The first-order chi connectivity index (χ1) is 6.99. The lowest BCUT2D eigenvalue weighted by Crippen LogP contribution is -2.09. The van der Waals surface area contributed by atoms with Crippen molar-refractivity contribution in [3.63, 3.8) is 0 Å². The average Bonchev–Trinajstić information content (AvgIpc) is 2.16. The van der Waals surface area contributed by atoms with E-state index in [2.05, 4.69) is 25.7 Å². The lowest BCUT2D eigenvalue weighted by molar-refractivity contribution is 0.0592. The van der Waals surface area contributed by atoms with Gasteiger partial charge in [-0.2, -0.15) is 4.39 Å². The van der Waals surface area contributed by atoms with Crippen LogP contribution >= 0.6 is 15.9 Å². The molecule has 0 aromatic carbocycles. The molecule has 0 bridgehead atoms. The summed E-state index contributed by atoms with van der Waals surface area (Å²) in [5.74, 6) is -2.22. The molecule has 0 saturated carbocycles. The molecule has 1 aromatic rings. The fraction of sp³-hybridized carbons (Fsp3) is 0.250. The highest BCUT2D eigenvalue weighted by atomic mass is 79.9. The zero-order valence-corrected chi connectivity index (χ0v) is 9.02. The minimum atomic E-state index is -2.85. The van der Waals surface area contributed by atoms with Crippen LogP contribution in [0.25, 0.3) is 0 Å². The molecule has 15 heavy (non-hydrogen) atoms. The van der Waals surface area contributed by atoms with E-state index in [1.165, 1.54) is 0 Å². The summed E-state index contributed by atoms with van der Waals surface area (Å²) in [4.78, 5) is 14.1. The van der Waals surface area contributed by atoms with Crippen LogP contribution in [0.1, 0.15) is 22.3 Å². The third kappa shape index (κ3) is 2.28. The van der Waals surface area contributed by atoms with Gasteiger partial charge in [0.05, 0.1) is 12.7 Å². The van der Waals surface area contributed by atoms with E-state index >= 15 is 0 Å². The number of ether oxygens (including phenoxy) is 1. The molecule has 0 aliphatic rings. The molecule has 0 aliphatic heterocycles. The summed E-state index contributed by atoms with van der Waals surface area (Å²) in [5, 5.41) is 0. The van der Waals surface area contributed by atoms with Gasteiger partial charge in [0.25, 0.3) is 6.43 Å². The van der Waals surface area contributed by atoms with Crippen LogP contribution in [0.4, 0.5) is 13.2 Å². The molecule has 0 aliphatic carbocycles. The number of carbonyl (C=O) groups excluding carboxylic acids is 1. The first-order valence-electron chi connectivity index (χ1n) is 3.69. The third-order valence-electron chi connectivity index (χ3n) is 1.62. The van der Waals surface area contributed by atoms with Crippen molar-refractivity contribution in [3.8, 4) is 0 Å². The Morgan fingerprint density at radius 3 is 2.67 bits per heavy atom. The van der Waals surface area contributed by atoms with Gasteiger partial charge in [0.1, 0.15) is 5.56 Å². The van der Waals surface area contributed by atoms with Crippen LogP contribution in [0.5, 0.6) is 0 Å². The maximum absolute atomic E-state index is 13.0. The number of pyridine rings is 1. The molecular weight excluding hydrogens is 279 g/mol. The van der Waals surface area contributed by atoms with Crippen LogP contribution < -0.4 is 0 Å². The van der Waals surface area contributed by atoms with E-state index in [0.29, 0.717) is 6.20 Å². The number of rotatable bonds is 2. The second-order valence-corrected chi connectivity index (χ2v) is 3.28. The fourth-order valence-electron chi connectivity index (χ4n) is 0.910. The maximum atomic E-state index is 13.0. The van der Waals surface area contributed by atoms with Crippen molar-refractivity contribution in [2.75, 3.05) is 7.11 Å². The second kappa shape index (κ2) is 4.61. The maximum Gasteiger partial charge on any atom is 0.343 e. The lowest BCUT2D eigenvalue weighted by Gasteiger charge is -2.07. The summed E-state index contributed by atoms with van der Waals surface area (Å²) in [6, 6.07) is 0. The molecule has 0 unspecified atom stereocenters. The second-order valence-electron chi connectivity index (χ2n) is 2.49. The highest BCUT2D eigenvalue weighted by Gasteiger charge is 2.23. The Morgan fingerprint density at radius 2 is 2.20 bits per heavy atom. The van der Waals surface area contributed by atoms with Gasteiger partial charge in [0.15, 0.2) is 0 Å². The number of carbonyl (C=O) groups is 1. The smallest absolute Gasteiger partial charge is 0.343 e. The van der Waals surface area contributed by atoms with Crippen LogP contribution in [0.2, 0.25) is 0 Å². The fourth-order valence-corrected chi connectivity index (χ4v) is 1.51. The van der Waals surface area contributed by atoms with Gasteiger partial charge in [0.2, 0.25) is 5.95 Å². The number of esters is 1. The number of hydrogen-bond acceptors (Lipinski definition) is 3. The summed E-state index contributed by atoms with van der Waals surface area (Å²) >= 11 is 2.71. The summed E-state index contributed by atoms with van der Waals surface area (Å²) in [7, 11) is 1.02. The highest BCUT2D eigenvalue weighted by Crippen LogP contribution is 2.30. The van der Waals surface area contributed by atoms with Gasteiger partial charge in [-0.1, -0.05) is 0 Å². The molecule has 0 saturated heterocycles.